The summed E-state index contributed by atoms with van der Waals surface area (Å²) in [6.45, 7) is 0. The topological polar surface area (TPSA) is 66.3 Å². The second kappa shape index (κ2) is 12.3. The highest BCUT2D eigenvalue weighted by atomic mass is 15.2. The number of rotatable bonds is 5. The molecule has 6 heterocycles. The molecule has 7 heteroatoms. The normalized spacial score (nSPS) is 18.7. The van der Waals surface area contributed by atoms with E-state index in [4.69, 9.17) is 28.3 Å². The summed E-state index contributed by atoms with van der Waals surface area (Å²) >= 11 is 0. The fourth-order valence-corrected chi connectivity index (χ4v) is 7.08. The summed E-state index contributed by atoms with van der Waals surface area (Å²) in [5.41, 5.74) is -8.13. The Balaban J connectivity index is 1.41. The lowest BCUT2D eigenvalue weighted by Gasteiger charge is -2.21. The highest BCUT2D eigenvalue weighted by Crippen LogP contribution is 2.42. The molecule has 0 spiro atoms. The molecule has 0 amide bonds. The molecule has 0 saturated heterocycles. The van der Waals surface area contributed by atoms with Gasteiger partial charge in [-0.15, -0.1) is 0 Å². The second-order valence-electron chi connectivity index (χ2n) is 12.3. The Hall–Kier alpha value is -7.90. The minimum atomic E-state index is -0.970. The summed E-state index contributed by atoms with van der Waals surface area (Å²) in [6.07, 6.45) is -1.64. The quantitative estimate of drug-likeness (QED) is 0.175. The maximum atomic E-state index is 10.2. The van der Waals surface area contributed by atoms with Crippen molar-refractivity contribution in [2.24, 2.45) is 0 Å². The van der Waals surface area contributed by atoms with Crippen molar-refractivity contribution in [2.75, 3.05) is 0 Å². The molecule has 266 valence electrons. The van der Waals surface area contributed by atoms with Crippen molar-refractivity contribution in [3.63, 3.8) is 0 Å². The zero-order chi connectivity index (χ0) is 61.8. The third-order valence-corrected chi connectivity index (χ3v) is 9.33. The predicted octanol–water partition coefficient (Wildman–Crippen LogP) is 11.9. The number of benzene rings is 6. The molecule has 6 aromatic heterocycles. The van der Waals surface area contributed by atoms with E-state index in [9.17, 15) is 15.1 Å². The Morgan fingerprint density at radius 2 is 0.912 bits per heavy atom. The van der Waals surface area contributed by atoms with Gasteiger partial charge in [-0.3, -0.25) is 14.5 Å². The van der Waals surface area contributed by atoms with Gasteiger partial charge in [0.05, 0.1) is 105 Å². The zero-order valence-electron chi connectivity index (χ0n) is 56.4. The summed E-state index contributed by atoms with van der Waals surface area (Å²) in [6, 6.07) is -18.8. The average molecular weight is 758 g/mol. The van der Waals surface area contributed by atoms with Crippen LogP contribution >= 0.6 is 0 Å². The molecule has 12 aromatic rings. The fraction of sp³-hybridized carbons (Fsp3) is 0. The van der Waals surface area contributed by atoms with Crippen LogP contribution in [0.15, 0.2) is 188 Å². The number of nitrogens with zero attached hydrogens (tertiary/aromatic N) is 7. The summed E-state index contributed by atoms with van der Waals surface area (Å²) in [7, 11) is 0. The molecular formula is C50H31N7. The van der Waals surface area contributed by atoms with Crippen molar-refractivity contribution in [1.82, 2.24) is 33.6 Å². The van der Waals surface area contributed by atoms with Crippen molar-refractivity contribution < 1.29 is 38.4 Å². The largest absolute Gasteiger partial charge is 0.305 e. The van der Waals surface area contributed by atoms with Crippen LogP contribution in [0.2, 0.25) is 0 Å². The third kappa shape index (κ3) is 4.66. The van der Waals surface area contributed by atoms with Crippen molar-refractivity contribution in [3.8, 4) is 39.8 Å². The maximum absolute atomic E-state index is 10.2. The van der Waals surface area contributed by atoms with Crippen molar-refractivity contribution in [1.29, 1.82) is 0 Å². The van der Waals surface area contributed by atoms with Crippen molar-refractivity contribution >= 4 is 65.7 Å². The Labute approximate surface area is 365 Å². The molecule has 0 aliphatic heterocycles. The van der Waals surface area contributed by atoms with Gasteiger partial charge in [-0.1, -0.05) is 115 Å². The first-order valence-electron chi connectivity index (χ1n) is 30.8. The second-order valence-corrected chi connectivity index (χ2v) is 12.3. The lowest BCUT2D eigenvalue weighted by atomic mass is 10.0. The van der Waals surface area contributed by atoms with Gasteiger partial charge >= 0.3 is 0 Å². The van der Waals surface area contributed by atoms with Crippen LogP contribution in [0.25, 0.3) is 106 Å². The number of pyridine rings is 2. The first-order valence-corrected chi connectivity index (χ1v) is 16.8. The lowest BCUT2D eigenvalue weighted by Crippen LogP contribution is -2.08. The predicted molar refractivity (Wildman–Crippen MR) is 232 cm³/mol. The van der Waals surface area contributed by atoms with Gasteiger partial charge in [0.1, 0.15) is 0 Å². The third-order valence-electron chi connectivity index (χ3n) is 9.33. The smallest absolute Gasteiger partial charge is 0.235 e. The Morgan fingerprint density at radius 3 is 1.54 bits per heavy atom. The van der Waals surface area contributed by atoms with Crippen LogP contribution in [0.1, 0.15) is 38.4 Å². The monoisotopic (exact) mass is 757 g/mol. The molecule has 0 atom stereocenters. The van der Waals surface area contributed by atoms with Crippen LogP contribution in [-0.2, 0) is 0 Å². The minimum absolute atomic E-state index is 0.409. The Morgan fingerprint density at radius 1 is 0.421 bits per heavy atom. The van der Waals surface area contributed by atoms with Crippen LogP contribution in [0.5, 0.6) is 0 Å². The van der Waals surface area contributed by atoms with E-state index in [1.165, 1.54) is 18.2 Å². The molecule has 0 saturated carbocycles. The molecule has 57 heavy (non-hydrogen) atoms. The summed E-state index contributed by atoms with van der Waals surface area (Å²) in [5, 5.41) is -1.86. The standard InChI is InChI=1S/C50H31N7/c1-2-15-32(16-3-1)38-31-39(54-50(53-38)57-40-22-8-4-17-33(40)34-18-5-9-23-41(34)57)35-21-12-26-46(55-42-24-10-6-19-36(42)47-44(55)27-13-29-51-47)49(35)56-43-25-11-7-20-37(43)48-45(56)28-14-30-52-48/h1-31H/i1D,2D,3D,4D,5D,6D,7D,8D,9D,10D,11D,13D,14D,15D,16D,17D,18D,19D,20D,22D,23D,24D,25D,27D,28D,29D,30D,31D. The molecule has 0 unspecified atom stereocenters. The van der Waals surface area contributed by atoms with Crippen LogP contribution in [-0.4, -0.2) is 33.6 Å². The molecule has 0 N–H and O–H groups in total. The van der Waals surface area contributed by atoms with E-state index < -0.39 is 275 Å². The van der Waals surface area contributed by atoms with Gasteiger partial charge in [0.15, 0.2) is 0 Å². The number of hydrogen-bond acceptors (Lipinski definition) is 4. The van der Waals surface area contributed by atoms with Crippen LogP contribution in [0, 0.1) is 0 Å². The van der Waals surface area contributed by atoms with E-state index >= 15 is 0 Å². The van der Waals surface area contributed by atoms with E-state index in [-0.39, 0.29) is 0 Å². The molecule has 0 aliphatic rings. The summed E-state index contributed by atoms with van der Waals surface area (Å²) in [5.74, 6) is -0.871. The van der Waals surface area contributed by atoms with Crippen LogP contribution in [0.3, 0.4) is 0 Å². The fourth-order valence-electron chi connectivity index (χ4n) is 7.08. The van der Waals surface area contributed by atoms with Crippen LogP contribution in [0.4, 0.5) is 0 Å². The van der Waals surface area contributed by atoms with E-state index in [1.54, 1.807) is 0 Å². The Kier molecular flexibility index (Phi) is 3.16. The van der Waals surface area contributed by atoms with E-state index in [0.717, 1.165) is 13.7 Å². The molecule has 0 bridgehead atoms. The Bertz CT molecular complexity index is 5080. The first-order chi connectivity index (χ1) is 39.9. The zero-order valence-corrected chi connectivity index (χ0v) is 28.4. The number of para-hydroxylation sites is 5. The van der Waals surface area contributed by atoms with E-state index in [1.807, 2.05) is 0 Å². The lowest BCUT2D eigenvalue weighted by molar-refractivity contribution is 0.993. The number of fused-ring (bicyclic) bond motifs is 9. The minimum Gasteiger partial charge on any atom is -0.305 e. The number of hydrogen-bond donors (Lipinski definition) is 0. The average Bonchev–Trinajstić information content (AvgIpc) is 1.59. The molecule has 0 aliphatic carbocycles. The molecule has 0 radical (unpaired) electrons. The summed E-state index contributed by atoms with van der Waals surface area (Å²) < 4.78 is 256. The van der Waals surface area contributed by atoms with E-state index in [0.29, 0.717) is 0 Å². The van der Waals surface area contributed by atoms with Crippen molar-refractivity contribution in [2.45, 2.75) is 0 Å². The van der Waals surface area contributed by atoms with Gasteiger partial charge < -0.3 is 9.13 Å². The molecule has 7 nitrogen and oxygen atoms in total. The maximum Gasteiger partial charge on any atom is 0.235 e. The SMILES string of the molecule is [2H]c1nc2c3c([2H])c([2H])c([2H])c([2H])c3n(-c3cccc(-c4nc(-n5c6c([2H])c([2H])c([2H])c([2H])c6c6c([2H])c([2H])c([2H])c([2H])c65)nc(-c5c([2H])c([2H])c([2H])c([2H])c5[2H])c4[2H])c3-n3c4c([2H])c([2H])c([2H])nc4c4c([2H])c([2H])c([2H])c([2H])c43)c2c([2H])c1[2H]. The van der Waals surface area contributed by atoms with Gasteiger partial charge in [0.25, 0.3) is 0 Å². The van der Waals surface area contributed by atoms with Gasteiger partial charge in [0.2, 0.25) is 5.95 Å². The molecule has 0 fully saturated rings. The molecule has 6 aromatic carbocycles. The van der Waals surface area contributed by atoms with Crippen molar-refractivity contribution in [3.05, 3.63) is 188 Å². The van der Waals surface area contributed by atoms with Gasteiger partial charge in [-0.25, -0.2) is 9.97 Å². The van der Waals surface area contributed by atoms with Crippen LogP contribution < -0.4 is 0 Å². The molecule has 12 rings (SSSR count). The number of aromatic nitrogens is 7. The highest BCUT2D eigenvalue weighted by Gasteiger charge is 2.25. The van der Waals surface area contributed by atoms with E-state index in [2.05, 4.69) is 15.0 Å². The molecular weight excluding hydrogens is 699 g/mol. The van der Waals surface area contributed by atoms with Gasteiger partial charge in [0, 0.05) is 45.0 Å². The van der Waals surface area contributed by atoms with Gasteiger partial charge in [-0.05, 0) is 60.4 Å². The first kappa shape index (κ1) is 14.6. The van der Waals surface area contributed by atoms with Gasteiger partial charge in [-0.2, -0.15) is 0 Å². The summed E-state index contributed by atoms with van der Waals surface area (Å²) in [4.78, 5) is 17.9. The highest BCUT2D eigenvalue weighted by molar-refractivity contribution is 6.11.